The summed E-state index contributed by atoms with van der Waals surface area (Å²) >= 11 is 0. The zero-order valence-corrected chi connectivity index (χ0v) is 39.6. The maximum Gasteiger partial charge on any atom is 0.412 e. The van der Waals surface area contributed by atoms with Crippen LogP contribution >= 0.6 is 0 Å². The van der Waals surface area contributed by atoms with E-state index in [2.05, 4.69) is 60.0 Å². The molecule has 1 amide bonds. The summed E-state index contributed by atoms with van der Waals surface area (Å²) in [7, 11) is 1.29. The number of nitrogens with zero attached hydrogens (tertiary/aromatic N) is 7. The number of carbonyl (C=O) groups excluding carboxylic acids is 5. The van der Waals surface area contributed by atoms with E-state index in [1.165, 1.54) is 13.4 Å². The molecule has 0 saturated heterocycles. The van der Waals surface area contributed by atoms with Crippen LogP contribution in [0.15, 0.2) is 122 Å². The number of amides is 1. The summed E-state index contributed by atoms with van der Waals surface area (Å²) in [5.41, 5.74) is 23.6. The number of pyridine rings is 3. The molecule has 13 aromatic rings. The number of fused-ring (bicyclic) bond motifs is 12. The van der Waals surface area contributed by atoms with Gasteiger partial charge in [0.05, 0.1) is 36.2 Å². The molecule has 0 aliphatic heterocycles. The van der Waals surface area contributed by atoms with Crippen LogP contribution in [0.2, 0.25) is 0 Å². The summed E-state index contributed by atoms with van der Waals surface area (Å²) in [6.45, 7) is 3.94. The molecule has 0 atom stereocenters. The molecule has 9 heterocycles. The molecule has 4 aromatic carbocycles. The van der Waals surface area contributed by atoms with E-state index in [0.717, 1.165) is 124 Å². The summed E-state index contributed by atoms with van der Waals surface area (Å²) in [5.74, 6) is 2.06. The first-order chi connectivity index (χ1) is 35.9. The first-order valence-corrected chi connectivity index (χ1v) is 22.7. The van der Waals surface area contributed by atoms with Crippen molar-refractivity contribution >= 4 is 136 Å². The minimum Gasteiger partial charge on any atom is -0.453 e. The van der Waals surface area contributed by atoms with Crippen molar-refractivity contribution in [1.29, 1.82) is 0 Å². The van der Waals surface area contributed by atoms with Crippen LogP contribution in [0.4, 0.5) is 22.2 Å². The third-order valence-corrected chi connectivity index (χ3v) is 12.1. The number of aldehydes is 4. The van der Waals surface area contributed by atoms with Crippen LogP contribution in [0.1, 0.15) is 52.8 Å². The van der Waals surface area contributed by atoms with Gasteiger partial charge in [0.25, 0.3) is 0 Å². The number of aromatic amines is 4. The molecule has 0 fully saturated rings. The molecule has 13 rings (SSSR count). The minimum absolute atomic E-state index is 0.391. The lowest BCUT2D eigenvalue weighted by Crippen LogP contribution is -2.11. The molecule has 20 heteroatoms. The molecule has 0 saturated carbocycles. The Morgan fingerprint density at radius 3 is 1.65 bits per heavy atom. The lowest BCUT2D eigenvalue weighted by Gasteiger charge is -2.03. The fraction of sp³-hybridized carbons (Fsp3) is 0.0556. The number of carbonyl (C=O) groups is 5. The number of hydrogen-bond acceptors (Lipinski definition) is 14. The topological polar surface area (TPSA) is 304 Å². The molecule has 9 aromatic heterocycles. The first-order valence-electron chi connectivity index (χ1n) is 22.7. The van der Waals surface area contributed by atoms with Crippen molar-refractivity contribution in [1.82, 2.24) is 54.6 Å². The second-order valence-corrected chi connectivity index (χ2v) is 17.0. The number of nitrogen functional groups attached to an aromatic ring is 2. The van der Waals surface area contributed by atoms with Gasteiger partial charge in [-0.3, -0.25) is 24.5 Å². The Hall–Kier alpha value is -10.6. The number of aromatic nitrogens is 11. The largest absolute Gasteiger partial charge is 0.453 e. The Bertz CT molecular complexity index is 4350. The highest BCUT2D eigenvalue weighted by atomic mass is 16.5. The summed E-state index contributed by atoms with van der Waals surface area (Å²) in [6, 6.07) is 31.1. The number of ether oxygens (including phenoxy) is 1. The van der Waals surface area contributed by atoms with Crippen LogP contribution in [-0.2, 0) is 4.74 Å². The van der Waals surface area contributed by atoms with Crippen LogP contribution in [0.25, 0.3) is 93.3 Å². The van der Waals surface area contributed by atoms with Crippen LogP contribution in [0.5, 0.6) is 0 Å². The summed E-state index contributed by atoms with van der Waals surface area (Å²) in [5, 5.41) is 13.6. The van der Waals surface area contributed by atoms with E-state index in [1.807, 2.05) is 74.5 Å². The lowest BCUT2D eigenvalue weighted by molar-refractivity contribution is 0.111. The number of hydrogen-bond donors (Lipinski definition) is 7. The molecule has 0 aliphatic carbocycles. The summed E-state index contributed by atoms with van der Waals surface area (Å²) in [4.78, 5) is 88.5. The standard InChI is InChI=1S/C16H13N5O.C14H11N3O3.2C12H9N3O/c1-9-5-10(2)21(20-9)16-15-14(17-8-18-16)12-6-11(7-22)3-4-13(12)19-15;1-20-14(19)17-13-5-10-9-4-8(7-18)2-3-11(9)16-12(10)6-15-13;13-11-4-2-8-9-5-7(6-16)1-3-10(9)14-12(8)15-11;13-12-4-9-8-3-7(6-16)1-2-10(8)15-11(9)5-14-12/h3-8,19H,1-2H3;2-7,16H,1H3,(H,15,17,19);1-6H,(H3,13,14,15);1-6,15H,(H2,13,14). The molecule has 0 spiro atoms. The quantitative estimate of drug-likeness (QED) is 0.0763. The van der Waals surface area contributed by atoms with Gasteiger partial charge in [-0.15, -0.1) is 0 Å². The van der Waals surface area contributed by atoms with Crippen molar-refractivity contribution in [2.45, 2.75) is 13.8 Å². The van der Waals surface area contributed by atoms with E-state index in [4.69, 9.17) is 11.5 Å². The fourth-order valence-electron chi connectivity index (χ4n) is 8.68. The highest BCUT2D eigenvalue weighted by Gasteiger charge is 2.15. The predicted molar refractivity (Wildman–Crippen MR) is 285 cm³/mol. The summed E-state index contributed by atoms with van der Waals surface area (Å²) < 4.78 is 6.33. The molecule has 0 radical (unpaired) electrons. The van der Waals surface area contributed by atoms with Gasteiger partial charge in [-0.1, -0.05) is 0 Å². The van der Waals surface area contributed by atoms with Crippen LogP contribution in [0, 0.1) is 13.8 Å². The lowest BCUT2D eigenvalue weighted by atomic mass is 10.1. The molecule has 364 valence electrons. The molecule has 9 N–H and O–H groups in total. The monoisotopic (exact) mass is 982 g/mol. The number of aryl methyl sites for hydroxylation is 2. The van der Waals surface area contributed by atoms with Gasteiger partial charge in [-0.2, -0.15) is 5.10 Å². The van der Waals surface area contributed by atoms with Gasteiger partial charge in [-0.25, -0.2) is 34.4 Å². The van der Waals surface area contributed by atoms with E-state index in [9.17, 15) is 24.0 Å². The number of benzene rings is 4. The maximum absolute atomic E-state index is 11.2. The Labute approximate surface area is 417 Å². The smallest absolute Gasteiger partial charge is 0.412 e. The van der Waals surface area contributed by atoms with Crippen molar-refractivity contribution in [2.75, 3.05) is 23.9 Å². The molecule has 74 heavy (non-hydrogen) atoms. The van der Waals surface area contributed by atoms with Gasteiger partial charge >= 0.3 is 6.09 Å². The Kier molecular flexibility index (Phi) is 12.5. The minimum atomic E-state index is -0.578. The van der Waals surface area contributed by atoms with E-state index in [1.54, 1.807) is 59.5 Å². The van der Waals surface area contributed by atoms with Crippen molar-refractivity contribution in [3.05, 3.63) is 155 Å². The van der Waals surface area contributed by atoms with Gasteiger partial charge < -0.3 is 36.1 Å². The first kappa shape index (κ1) is 47.1. The molecular formula is C54H42N14O6. The third-order valence-electron chi connectivity index (χ3n) is 12.1. The maximum atomic E-state index is 11.2. The van der Waals surface area contributed by atoms with E-state index in [-0.39, 0.29) is 0 Å². The predicted octanol–water partition coefficient (Wildman–Crippen LogP) is 9.65. The summed E-state index contributed by atoms with van der Waals surface area (Å²) in [6.07, 6.45) is 7.58. The number of rotatable bonds is 6. The van der Waals surface area contributed by atoms with Crippen LogP contribution < -0.4 is 16.8 Å². The fourth-order valence-corrected chi connectivity index (χ4v) is 8.68. The second-order valence-electron chi connectivity index (χ2n) is 17.0. The Morgan fingerprint density at radius 1 is 0.554 bits per heavy atom. The van der Waals surface area contributed by atoms with E-state index >= 15 is 0 Å². The normalized spacial score (nSPS) is 11.0. The highest BCUT2D eigenvalue weighted by Crippen LogP contribution is 2.30. The van der Waals surface area contributed by atoms with Crippen molar-refractivity contribution in [2.24, 2.45) is 0 Å². The average Bonchev–Trinajstić information content (AvgIpc) is 4.25. The van der Waals surface area contributed by atoms with Gasteiger partial charge in [0.15, 0.2) is 5.82 Å². The number of anilines is 3. The van der Waals surface area contributed by atoms with Gasteiger partial charge in [-0.05, 0) is 117 Å². The highest BCUT2D eigenvalue weighted by molar-refractivity contribution is 6.11. The van der Waals surface area contributed by atoms with Crippen LogP contribution in [0.3, 0.4) is 0 Å². The van der Waals surface area contributed by atoms with Gasteiger partial charge in [0.2, 0.25) is 0 Å². The number of nitrogens with one attached hydrogen (secondary N) is 5. The van der Waals surface area contributed by atoms with Gasteiger partial charge in [0, 0.05) is 87.7 Å². The Morgan fingerprint density at radius 2 is 1.08 bits per heavy atom. The zero-order chi connectivity index (χ0) is 51.6. The second kappa shape index (κ2) is 19.6. The Balaban J connectivity index is 0.000000114. The van der Waals surface area contributed by atoms with Crippen molar-refractivity contribution < 1.29 is 28.7 Å². The molecule has 20 nitrogen and oxygen atoms in total. The molecule has 0 unspecified atom stereocenters. The number of H-pyrrole nitrogens is 4. The van der Waals surface area contributed by atoms with Gasteiger partial charge in [0.1, 0.15) is 65.6 Å². The van der Waals surface area contributed by atoms with Crippen LogP contribution in [-0.4, -0.2) is 93.0 Å². The molecular weight excluding hydrogens is 941 g/mol. The van der Waals surface area contributed by atoms with E-state index < -0.39 is 6.09 Å². The molecule has 0 aliphatic rings. The number of methoxy groups -OCH3 is 1. The van der Waals surface area contributed by atoms with E-state index in [0.29, 0.717) is 45.5 Å². The van der Waals surface area contributed by atoms with Crippen molar-refractivity contribution in [3.63, 3.8) is 0 Å². The third kappa shape index (κ3) is 9.15. The number of nitrogens with two attached hydrogens (primary N) is 2. The zero-order valence-electron chi connectivity index (χ0n) is 39.6. The molecule has 0 bridgehead atoms. The average molecular weight is 983 g/mol. The van der Waals surface area contributed by atoms with Crippen molar-refractivity contribution in [3.8, 4) is 5.82 Å². The SMILES string of the molecule is COC(=O)Nc1cc2c(cn1)[nH]c1ccc(C=O)cc12.Cc1cc(C)n(-c2ncnc3c2[nH]c2ccc(C=O)cc23)n1.Nc1cc2c(cn1)[nH]c1ccc(C=O)cc12.Nc1ccc2c(n1)[nH]c1ccc(C=O)cc12.